The molecule has 0 unspecified atom stereocenters. The van der Waals surface area contributed by atoms with Gasteiger partial charge in [-0.25, -0.2) is 0 Å². The molecule has 6 heteroatoms. The lowest BCUT2D eigenvalue weighted by Crippen LogP contribution is -2.43. The maximum Gasteiger partial charge on any atom is 0.278 e. The van der Waals surface area contributed by atoms with Crippen LogP contribution in [0.4, 0.5) is 0 Å². The van der Waals surface area contributed by atoms with Crippen LogP contribution in [0.2, 0.25) is 0 Å². The number of aromatic amines is 1. The predicted octanol–water partition coefficient (Wildman–Crippen LogP) is 2.92. The highest BCUT2D eigenvalue weighted by Gasteiger charge is 2.27. The van der Waals surface area contributed by atoms with Crippen molar-refractivity contribution in [1.82, 2.24) is 15.1 Å². The normalized spacial score (nSPS) is 15.1. The summed E-state index contributed by atoms with van der Waals surface area (Å²) in [4.78, 5) is 27.0. The highest BCUT2D eigenvalue weighted by Crippen LogP contribution is 2.20. The Balaban J connectivity index is 1.43. The summed E-state index contributed by atoms with van der Waals surface area (Å²) in [5, 5.41) is 7.30. The van der Waals surface area contributed by atoms with E-state index in [0.717, 1.165) is 18.6 Å². The number of carbonyl (C=O) groups excluding carboxylic acids is 1. The fourth-order valence-electron chi connectivity index (χ4n) is 3.35. The lowest BCUT2D eigenvalue weighted by molar-refractivity contribution is 0.0588. The van der Waals surface area contributed by atoms with Crippen molar-refractivity contribution in [3.8, 4) is 5.75 Å². The van der Waals surface area contributed by atoms with E-state index in [-0.39, 0.29) is 23.1 Å². The van der Waals surface area contributed by atoms with Crippen molar-refractivity contribution in [2.24, 2.45) is 0 Å². The van der Waals surface area contributed by atoms with Gasteiger partial charge in [-0.15, -0.1) is 0 Å². The number of hydrogen-bond acceptors (Lipinski definition) is 4. The topological polar surface area (TPSA) is 75.3 Å². The van der Waals surface area contributed by atoms with Gasteiger partial charge in [0.15, 0.2) is 5.69 Å². The average molecular weight is 363 g/mol. The van der Waals surface area contributed by atoms with Crippen LogP contribution >= 0.6 is 0 Å². The summed E-state index contributed by atoms with van der Waals surface area (Å²) in [5.74, 6) is 0.522. The number of fused-ring (bicyclic) bond motifs is 1. The molecule has 1 fully saturated rings. The van der Waals surface area contributed by atoms with Crippen LogP contribution in [0, 0.1) is 6.92 Å². The summed E-state index contributed by atoms with van der Waals surface area (Å²) in [6.07, 6.45) is 1.52. The number of carbonyl (C=O) groups is 1. The van der Waals surface area contributed by atoms with E-state index in [9.17, 15) is 9.59 Å². The Morgan fingerprint density at radius 3 is 2.56 bits per heavy atom. The van der Waals surface area contributed by atoms with Gasteiger partial charge in [0.05, 0.1) is 5.52 Å². The molecule has 0 bridgehead atoms. The molecule has 0 saturated carbocycles. The number of nitrogens with zero attached hydrogens (tertiary/aromatic N) is 2. The smallest absolute Gasteiger partial charge is 0.278 e. The van der Waals surface area contributed by atoms with Gasteiger partial charge in [0.1, 0.15) is 11.9 Å². The van der Waals surface area contributed by atoms with Crippen molar-refractivity contribution in [1.29, 1.82) is 0 Å². The molecule has 1 N–H and O–H groups in total. The number of ether oxygens (including phenoxy) is 1. The van der Waals surface area contributed by atoms with E-state index >= 15 is 0 Å². The maximum absolute atomic E-state index is 12.8. The second-order valence-electron chi connectivity index (χ2n) is 6.87. The molecular weight excluding hydrogens is 342 g/mol. The monoisotopic (exact) mass is 363 g/mol. The van der Waals surface area contributed by atoms with Gasteiger partial charge in [-0.05, 0) is 31.2 Å². The summed E-state index contributed by atoms with van der Waals surface area (Å²) in [7, 11) is 0. The molecule has 0 aliphatic carbocycles. The first-order valence-corrected chi connectivity index (χ1v) is 9.12. The van der Waals surface area contributed by atoms with E-state index in [1.807, 2.05) is 37.3 Å². The molecule has 6 nitrogen and oxygen atoms in total. The SMILES string of the molecule is Cc1ccc(OC2CCN(C(=O)c3n[nH]c4ccccc4c3=O)CC2)cc1. The minimum absolute atomic E-state index is 0.0494. The van der Waals surface area contributed by atoms with Crippen molar-refractivity contribution in [2.45, 2.75) is 25.9 Å². The second-order valence-corrected chi connectivity index (χ2v) is 6.87. The van der Waals surface area contributed by atoms with Crippen LogP contribution in [-0.2, 0) is 0 Å². The molecule has 3 aromatic rings. The van der Waals surface area contributed by atoms with Gasteiger partial charge < -0.3 is 9.64 Å². The number of amides is 1. The number of hydrogen-bond donors (Lipinski definition) is 1. The molecular formula is C21H21N3O3. The first kappa shape index (κ1) is 17.3. The van der Waals surface area contributed by atoms with Crippen molar-refractivity contribution in [3.63, 3.8) is 0 Å². The van der Waals surface area contributed by atoms with Crippen LogP contribution in [0.5, 0.6) is 5.75 Å². The third kappa shape index (κ3) is 3.56. The van der Waals surface area contributed by atoms with Gasteiger partial charge in [0.2, 0.25) is 5.43 Å². The number of H-pyrrole nitrogens is 1. The minimum Gasteiger partial charge on any atom is -0.490 e. The van der Waals surface area contributed by atoms with Crippen molar-refractivity contribution >= 4 is 16.8 Å². The Bertz CT molecular complexity index is 1020. The molecule has 0 atom stereocenters. The van der Waals surface area contributed by atoms with Gasteiger partial charge in [-0.2, -0.15) is 5.10 Å². The molecule has 2 aromatic carbocycles. The molecule has 1 amide bonds. The van der Waals surface area contributed by atoms with Crippen molar-refractivity contribution in [2.75, 3.05) is 13.1 Å². The number of aryl methyl sites for hydroxylation is 1. The van der Waals surface area contributed by atoms with Crippen LogP contribution in [0.25, 0.3) is 10.9 Å². The van der Waals surface area contributed by atoms with Gasteiger partial charge >= 0.3 is 0 Å². The zero-order valence-electron chi connectivity index (χ0n) is 15.1. The molecule has 0 spiro atoms. The number of nitrogens with one attached hydrogen (secondary N) is 1. The molecule has 138 valence electrons. The third-order valence-electron chi connectivity index (χ3n) is 4.93. The fourth-order valence-corrected chi connectivity index (χ4v) is 3.35. The number of piperidine rings is 1. The van der Waals surface area contributed by atoms with Crippen molar-refractivity contribution in [3.05, 3.63) is 70.0 Å². The van der Waals surface area contributed by atoms with E-state index in [1.165, 1.54) is 5.56 Å². The zero-order chi connectivity index (χ0) is 18.8. The van der Waals surface area contributed by atoms with E-state index < -0.39 is 0 Å². The van der Waals surface area contributed by atoms with E-state index in [1.54, 1.807) is 23.1 Å². The van der Waals surface area contributed by atoms with E-state index in [2.05, 4.69) is 10.2 Å². The van der Waals surface area contributed by atoms with Gasteiger partial charge in [0, 0.05) is 31.3 Å². The summed E-state index contributed by atoms with van der Waals surface area (Å²) in [6, 6.07) is 15.0. The van der Waals surface area contributed by atoms with Crippen LogP contribution in [0.15, 0.2) is 53.3 Å². The summed E-state index contributed by atoms with van der Waals surface area (Å²) >= 11 is 0. The van der Waals surface area contributed by atoms with Crippen LogP contribution in [-0.4, -0.2) is 40.2 Å². The molecule has 27 heavy (non-hydrogen) atoms. The Kier molecular flexibility index (Phi) is 4.62. The summed E-state index contributed by atoms with van der Waals surface area (Å²) in [5.41, 5.74) is 1.44. The zero-order valence-corrected chi connectivity index (χ0v) is 15.1. The van der Waals surface area contributed by atoms with E-state index in [4.69, 9.17) is 4.74 Å². The fraction of sp³-hybridized carbons (Fsp3) is 0.286. The summed E-state index contributed by atoms with van der Waals surface area (Å²) in [6.45, 7) is 3.13. The molecule has 0 radical (unpaired) electrons. The predicted molar refractivity (Wildman–Crippen MR) is 103 cm³/mol. The highest BCUT2D eigenvalue weighted by molar-refractivity contribution is 5.95. The van der Waals surface area contributed by atoms with Crippen LogP contribution in [0.1, 0.15) is 28.9 Å². The van der Waals surface area contributed by atoms with Gasteiger partial charge in [-0.3, -0.25) is 14.7 Å². The number of para-hydroxylation sites is 1. The first-order valence-electron chi connectivity index (χ1n) is 9.12. The molecule has 1 aliphatic rings. The standard InChI is InChI=1S/C21H21N3O3/c1-14-6-8-15(9-7-14)27-16-10-12-24(13-11-16)21(26)19-20(25)17-4-2-3-5-18(17)22-23-19/h2-9,16H,10-13H2,1H3,(H,22,25). The Morgan fingerprint density at radius 1 is 1.11 bits per heavy atom. The third-order valence-corrected chi connectivity index (χ3v) is 4.93. The van der Waals surface area contributed by atoms with E-state index in [0.29, 0.717) is 24.0 Å². The first-order chi connectivity index (χ1) is 13.1. The Labute approximate surface area is 156 Å². The average Bonchev–Trinajstić information content (AvgIpc) is 2.70. The number of likely N-dealkylation sites (tertiary alicyclic amines) is 1. The second kappa shape index (κ2) is 7.23. The lowest BCUT2D eigenvalue weighted by atomic mass is 10.1. The minimum atomic E-state index is -0.327. The Morgan fingerprint density at radius 2 is 1.81 bits per heavy atom. The largest absolute Gasteiger partial charge is 0.490 e. The Hall–Kier alpha value is -3.15. The van der Waals surface area contributed by atoms with Gasteiger partial charge in [0.25, 0.3) is 5.91 Å². The number of benzene rings is 2. The number of rotatable bonds is 3. The molecule has 1 aromatic heterocycles. The number of aromatic nitrogens is 2. The van der Waals surface area contributed by atoms with Crippen LogP contribution in [0.3, 0.4) is 0 Å². The molecule has 1 saturated heterocycles. The molecule has 1 aliphatic heterocycles. The highest BCUT2D eigenvalue weighted by atomic mass is 16.5. The quantitative estimate of drug-likeness (QED) is 0.776. The van der Waals surface area contributed by atoms with Crippen LogP contribution < -0.4 is 10.2 Å². The summed E-state index contributed by atoms with van der Waals surface area (Å²) < 4.78 is 6.00. The van der Waals surface area contributed by atoms with Gasteiger partial charge in [-0.1, -0.05) is 29.8 Å². The molecule has 2 heterocycles. The maximum atomic E-state index is 12.8. The molecule has 4 rings (SSSR count). The van der Waals surface area contributed by atoms with Crippen molar-refractivity contribution < 1.29 is 9.53 Å². The lowest BCUT2D eigenvalue weighted by Gasteiger charge is -2.31.